The fraction of sp³-hybridized carbons (Fsp3) is 0.500. The summed E-state index contributed by atoms with van der Waals surface area (Å²) in [5.74, 6) is 0. The van der Waals surface area contributed by atoms with Gasteiger partial charge in [0.25, 0.3) is 0 Å². The number of nitrogens with zero attached hydrogens (tertiary/aromatic N) is 2. The summed E-state index contributed by atoms with van der Waals surface area (Å²) < 4.78 is 0. The maximum atomic E-state index is 5.88. The second-order valence-corrected chi connectivity index (χ2v) is 3.64. The summed E-state index contributed by atoms with van der Waals surface area (Å²) in [6, 6.07) is 2.34. The molecule has 3 N–H and O–H groups in total. The lowest BCUT2D eigenvalue weighted by molar-refractivity contribution is 0.752. The Hall–Kier alpha value is -1.29. The predicted molar refractivity (Wildman–Crippen MR) is 58.6 cm³/mol. The Balaban J connectivity index is 2.22. The van der Waals surface area contributed by atoms with E-state index >= 15 is 0 Å². The fourth-order valence-electron chi connectivity index (χ4n) is 1.86. The smallest absolute Gasteiger partial charge is 0.0761 e. The molecule has 4 nitrogen and oxygen atoms in total. The molecule has 76 valence electrons. The van der Waals surface area contributed by atoms with E-state index in [2.05, 4.69) is 15.2 Å². The molecular formula is C10H16N4. The van der Waals surface area contributed by atoms with E-state index < -0.39 is 0 Å². The van der Waals surface area contributed by atoms with Crippen LogP contribution in [0.25, 0.3) is 0 Å². The maximum absolute atomic E-state index is 5.88. The molecule has 2 heterocycles. The minimum atomic E-state index is 0.313. The molecule has 1 fully saturated rings. The lowest BCUT2D eigenvalue weighted by atomic mass is 10.3. The molecule has 0 saturated carbocycles. The van der Waals surface area contributed by atoms with Gasteiger partial charge in [-0.3, -0.25) is 4.98 Å². The molecule has 0 aromatic carbocycles. The van der Waals surface area contributed by atoms with Crippen molar-refractivity contribution in [2.75, 3.05) is 30.4 Å². The Labute approximate surface area is 84.1 Å². The number of nitrogens with one attached hydrogen (secondary N) is 1. The molecule has 1 saturated heterocycles. The highest BCUT2D eigenvalue weighted by Gasteiger charge is 2.20. The van der Waals surface area contributed by atoms with E-state index in [4.69, 9.17) is 5.73 Å². The number of hydrogen-bond acceptors (Lipinski definition) is 4. The highest BCUT2D eigenvalue weighted by atomic mass is 15.2. The number of hydrogen-bond donors (Lipinski definition) is 2. The van der Waals surface area contributed by atoms with E-state index in [1.807, 2.05) is 25.5 Å². The molecule has 1 atom stereocenters. The zero-order valence-corrected chi connectivity index (χ0v) is 8.40. The van der Waals surface area contributed by atoms with Gasteiger partial charge in [0.2, 0.25) is 0 Å². The number of nitrogens with two attached hydrogens (primary N) is 1. The lowest BCUT2D eigenvalue weighted by Crippen LogP contribution is -2.26. The summed E-state index contributed by atoms with van der Waals surface area (Å²) in [5, 5.41) is 3.14. The molecule has 1 aromatic heterocycles. The zero-order chi connectivity index (χ0) is 9.97. The lowest BCUT2D eigenvalue weighted by Gasteiger charge is -2.20. The first-order valence-corrected chi connectivity index (χ1v) is 4.93. The topological polar surface area (TPSA) is 54.2 Å². The van der Waals surface area contributed by atoms with Gasteiger partial charge >= 0.3 is 0 Å². The fourth-order valence-corrected chi connectivity index (χ4v) is 1.86. The molecule has 14 heavy (non-hydrogen) atoms. The van der Waals surface area contributed by atoms with Gasteiger partial charge in [-0.15, -0.1) is 0 Å². The Kier molecular flexibility index (Phi) is 2.54. The summed E-state index contributed by atoms with van der Waals surface area (Å²) in [5.41, 5.74) is 8.15. The van der Waals surface area contributed by atoms with Gasteiger partial charge in [0.15, 0.2) is 0 Å². The van der Waals surface area contributed by atoms with Crippen molar-refractivity contribution in [3.63, 3.8) is 0 Å². The second kappa shape index (κ2) is 3.84. The van der Waals surface area contributed by atoms with Crippen molar-refractivity contribution in [1.82, 2.24) is 4.98 Å². The molecule has 0 spiro atoms. The summed E-state index contributed by atoms with van der Waals surface area (Å²) in [4.78, 5) is 6.39. The van der Waals surface area contributed by atoms with Crippen molar-refractivity contribution >= 4 is 11.4 Å². The molecule has 0 aliphatic carbocycles. The van der Waals surface area contributed by atoms with E-state index in [9.17, 15) is 0 Å². The molecule has 0 amide bonds. The van der Waals surface area contributed by atoms with Crippen molar-refractivity contribution in [2.45, 2.75) is 12.5 Å². The van der Waals surface area contributed by atoms with Gasteiger partial charge in [0, 0.05) is 32.4 Å². The van der Waals surface area contributed by atoms with Gasteiger partial charge < -0.3 is 16.0 Å². The monoisotopic (exact) mass is 192 g/mol. The predicted octanol–water partition coefficient (Wildman–Crippen LogP) is 0.661. The van der Waals surface area contributed by atoms with Crippen molar-refractivity contribution in [3.8, 4) is 0 Å². The minimum Gasteiger partial charge on any atom is -0.385 e. The third-order valence-electron chi connectivity index (χ3n) is 2.63. The van der Waals surface area contributed by atoms with Gasteiger partial charge in [-0.05, 0) is 12.5 Å². The van der Waals surface area contributed by atoms with Crippen LogP contribution in [0, 0.1) is 0 Å². The SMILES string of the molecule is CNc1cnccc1N1CCC(N)C1. The molecule has 1 aliphatic rings. The summed E-state index contributed by atoms with van der Waals surface area (Å²) in [7, 11) is 1.91. The average molecular weight is 192 g/mol. The third kappa shape index (κ3) is 1.65. The second-order valence-electron chi connectivity index (χ2n) is 3.64. The quantitative estimate of drug-likeness (QED) is 0.723. The van der Waals surface area contributed by atoms with Gasteiger partial charge in [-0.1, -0.05) is 0 Å². The van der Waals surface area contributed by atoms with Crippen molar-refractivity contribution < 1.29 is 0 Å². The van der Waals surface area contributed by atoms with Crippen LogP contribution < -0.4 is 16.0 Å². The van der Waals surface area contributed by atoms with E-state index in [1.54, 1.807) is 0 Å². The average Bonchev–Trinajstić information content (AvgIpc) is 2.65. The highest BCUT2D eigenvalue weighted by molar-refractivity contribution is 5.68. The number of aromatic nitrogens is 1. The van der Waals surface area contributed by atoms with Crippen LogP contribution >= 0.6 is 0 Å². The Morgan fingerprint density at radius 1 is 1.64 bits per heavy atom. The van der Waals surface area contributed by atoms with Crippen molar-refractivity contribution in [1.29, 1.82) is 0 Å². The first-order valence-electron chi connectivity index (χ1n) is 4.93. The van der Waals surface area contributed by atoms with Crippen LogP contribution in [-0.2, 0) is 0 Å². The zero-order valence-electron chi connectivity index (χ0n) is 8.40. The standard InChI is InChI=1S/C10H16N4/c1-12-9-6-13-4-2-10(9)14-5-3-8(11)7-14/h2,4,6,8,12H,3,5,7,11H2,1H3. The van der Waals surface area contributed by atoms with Crippen LogP contribution in [0.4, 0.5) is 11.4 Å². The Morgan fingerprint density at radius 3 is 3.14 bits per heavy atom. The summed E-state index contributed by atoms with van der Waals surface area (Å²) in [6.45, 7) is 1.98. The normalized spacial score (nSPS) is 21.3. The molecule has 4 heteroatoms. The molecule has 0 bridgehead atoms. The first kappa shape index (κ1) is 9.27. The van der Waals surface area contributed by atoms with Gasteiger partial charge in [0.05, 0.1) is 17.6 Å². The van der Waals surface area contributed by atoms with Gasteiger partial charge in [-0.25, -0.2) is 0 Å². The molecule has 0 radical (unpaired) electrons. The van der Waals surface area contributed by atoms with Crippen LogP contribution in [0.3, 0.4) is 0 Å². The summed E-state index contributed by atoms with van der Waals surface area (Å²) >= 11 is 0. The molecule has 1 unspecified atom stereocenters. The van der Waals surface area contributed by atoms with Crippen LogP contribution in [0.2, 0.25) is 0 Å². The van der Waals surface area contributed by atoms with E-state index in [-0.39, 0.29) is 0 Å². The van der Waals surface area contributed by atoms with Crippen molar-refractivity contribution in [3.05, 3.63) is 18.5 Å². The van der Waals surface area contributed by atoms with E-state index in [1.165, 1.54) is 5.69 Å². The van der Waals surface area contributed by atoms with Crippen molar-refractivity contribution in [2.24, 2.45) is 5.73 Å². The van der Waals surface area contributed by atoms with Crippen LogP contribution in [0.1, 0.15) is 6.42 Å². The van der Waals surface area contributed by atoms with E-state index in [0.29, 0.717) is 6.04 Å². The largest absolute Gasteiger partial charge is 0.385 e. The minimum absolute atomic E-state index is 0.313. The Morgan fingerprint density at radius 2 is 2.50 bits per heavy atom. The van der Waals surface area contributed by atoms with Gasteiger partial charge in [0.1, 0.15) is 0 Å². The molecule has 1 aromatic rings. The Bertz CT molecular complexity index is 313. The third-order valence-corrected chi connectivity index (χ3v) is 2.63. The molecule has 2 rings (SSSR count). The van der Waals surface area contributed by atoms with Crippen LogP contribution in [0.5, 0.6) is 0 Å². The molecular weight excluding hydrogens is 176 g/mol. The maximum Gasteiger partial charge on any atom is 0.0761 e. The van der Waals surface area contributed by atoms with Crippen LogP contribution in [0.15, 0.2) is 18.5 Å². The number of rotatable bonds is 2. The number of pyridine rings is 1. The first-order chi connectivity index (χ1) is 6.81. The molecule has 1 aliphatic heterocycles. The number of anilines is 2. The summed E-state index contributed by atoms with van der Waals surface area (Å²) in [6.07, 6.45) is 4.74. The van der Waals surface area contributed by atoms with E-state index in [0.717, 1.165) is 25.2 Å². The van der Waals surface area contributed by atoms with Crippen LogP contribution in [-0.4, -0.2) is 31.2 Å². The highest BCUT2D eigenvalue weighted by Crippen LogP contribution is 2.26. The van der Waals surface area contributed by atoms with Gasteiger partial charge in [-0.2, -0.15) is 0 Å².